The van der Waals surface area contributed by atoms with E-state index in [2.05, 4.69) is 21.2 Å². The maximum absolute atomic E-state index is 13.2. The molecule has 6 heteroatoms. The third-order valence-electron chi connectivity index (χ3n) is 2.24. The van der Waals surface area contributed by atoms with E-state index in [0.29, 0.717) is 23.0 Å². The molecule has 0 aliphatic rings. The second-order valence-electron chi connectivity index (χ2n) is 3.77. The second-order valence-corrected chi connectivity index (χ2v) is 4.63. The Hall–Kier alpha value is -1.43. The van der Waals surface area contributed by atoms with Crippen LogP contribution in [-0.4, -0.2) is 23.5 Å². The molecule has 1 rings (SSSR count). The lowest BCUT2D eigenvalue weighted by atomic mass is 10.1. The molecule has 0 saturated heterocycles. The number of carbonyl (C=O) groups excluding carboxylic acids is 1. The monoisotopic (exact) mass is 317 g/mol. The van der Waals surface area contributed by atoms with Crippen molar-refractivity contribution >= 4 is 27.8 Å². The summed E-state index contributed by atoms with van der Waals surface area (Å²) in [6.07, 6.45) is 0.486. The smallest absolute Gasteiger partial charge is 0.303 e. The molecule has 1 aromatic rings. The zero-order valence-corrected chi connectivity index (χ0v) is 11.2. The van der Waals surface area contributed by atoms with E-state index in [1.165, 1.54) is 6.07 Å². The first kappa shape index (κ1) is 14.6. The van der Waals surface area contributed by atoms with Gasteiger partial charge in [-0.1, -0.05) is 6.07 Å². The highest BCUT2D eigenvalue weighted by atomic mass is 79.9. The fraction of sp³-hybridized carbons (Fsp3) is 0.333. The quantitative estimate of drug-likeness (QED) is 0.790. The van der Waals surface area contributed by atoms with Crippen molar-refractivity contribution in [3.05, 3.63) is 34.1 Å². The average Bonchev–Trinajstić information content (AvgIpc) is 2.29. The van der Waals surface area contributed by atoms with Crippen molar-refractivity contribution < 1.29 is 19.1 Å². The first-order valence-corrected chi connectivity index (χ1v) is 6.21. The minimum absolute atomic E-state index is 0.0210. The summed E-state index contributed by atoms with van der Waals surface area (Å²) >= 11 is 3.03. The van der Waals surface area contributed by atoms with Crippen molar-refractivity contribution in [3.8, 4) is 0 Å². The van der Waals surface area contributed by atoms with Crippen molar-refractivity contribution in [2.24, 2.45) is 0 Å². The lowest BCUT2D eigenvalue weighted by molar-refractivity contribution is -0.137. The van der Waals surface area contributed by atoms with Crippen molar-refractivity contribution in [2.75, 3.05) is 6.54 Å². The molecular formula is C12H13BrFNO3. The Morgan fingerprint density at radius 2 is 2.11 bits per heavy atom. The Bertz CT molecular complexity index is 451. The zero-order valence-electron chi connectivity index (χ0n) is 9.58. The first-order chi connectivity index (χ1) is 8.49. The Kier molecular flexibility index (Phi) is 5.77. The highest BCUT2D eigenvalue weighted by molar-refractivity contribution is 9.10. The van der Waals surface area contributed by atoms with Crippen molar-refractivity contribution in [1.82, 2.24) is 5.32 Å². The molecule has 98 valence electrons. The number of aliphatic carboxylic acids is 1. The van der Waals surface area contributed by atoms with Crippen molar-refractivity contribution in [1.29, 1.82) is 0 Å². The van der Waals surface area contributed by atoms with Crippen LogP contribution in [0.5, 0.6) is 0 Å². The van der Waals surface area contributed by atoms with Crippen LogP contribution in [0, 0.1) is 5.82 Å². The number of carboxylic acids is 1. The van der Waals surface area contributed by atoms with Crippen LogP contribution in [0.25, 0.3) is 0 Å². The number of benzene rings is 1. The molecule has 4 nitrogen and oxygen atoms in total. The molecule has 2 N–H and O–H groups in total. The Morgan fingerprint density at radius 1 is 1.39 bits per heavy atom. The first-order valence-electron chi connectivity index (χ1n) is 5.41. The number of carbonyl (C=O) groups is 2. The highest BCUT2D eigenvalue weighted by Gasteiger charge is 2.06. The lowest BCUT2D eigenvalue weighted by Crippen LogP contribution is -2.26. The molecule has 0 bridgehead atoms. The topological polar surface area (TPSA) is 66.4 Å². The number of hydrogen-bond acceptors (Lipinski definition) is 2. The Balaban J connectivity index is 2.35. The van der Waals surface area contributed by atoms with Gasteiger partial charge >= 0.3 is 5.97 Å². The lowest BCUT2D eigenvalue weighted by Gasteiger charge is -2.05. The minimum atomic E-state index is -0.890. The van der Waals surface area contributed by atoms with Gasteiger partial charge in [0.25, 0.3) is 0 Å². The summed E-state index contributed by atoms with van der Waals surface area (Å²) in [5.74, 6) is -1.55. The van der Waals surface area contributed by atoms with Gasteiger partial charge in [-0.25, -0.2) is 4.39 Å². The van der Waals surface area contributed by atoms with E-state index in [1.54, 1.807) is 12.1 Å². The molecule has 0 spiro atoms. The van der Waals surface area contributed by atoms with Gasteiger partial charge in [0.1, 0.15) is 5.82 Å². The van der Waals surface area contributed by atoms with E-state index in [9.17, 15) is 14.0 Å². The van der Waals surface area contributed by atoms with Gasteiger partial charge in [0.05, 0.1) is 10.9 Å². The molecule has 0 atom stereocenters. The molecule has 1 aromatic carbocycles. The summed E-state index contributed by atoms with van der Waals surface area (Å²) in [7, 11) is 0. The molecule has 0 aliphatic carbocycles. The van der Waals surface area contributed by atoms with Crippen LogP contribution in [0.2, 0.25) is 0 Å². The fourth-order valence-corrected chi connectivity index (χ4v) is 1.61. The number of halogens is 2. The summed E-state index contributed by atoms with van der Waals surface area (Å²) in [6, 6.07) is 4.49. The molecule has 0 unspecified atom stereocenters. The minimum Gasteiger partial charge on any atom is -0.481 e. The predicted octanol–water partition coefficient (Wildman–Crippen LogP) is 2.11. The third kappa shape index (κ3) is 5.27. The summed E-state index contributed by atoms with van der Waals surface area (Å²) in [6.45, 7) is 0.310. The van der Waals surface area contributed by atoms with Crippen LogP contribution in [0.3, 0.4) is 0 Å². The maximum atomic E-state index is 13.2. The third-order valence-corrected chi connectivity index (χ3v) is 2.88. The number of rotatable bonds is 6. The van der Waals surface area contributed by atoms with Gasteiger partial charge < -0.3 is 10.4 Å². The second kappa shape index (κ2) is 7.10. The Morgan fingerprint density at radius 3 is 2.72 bits per heavy atom. The number of amides is 1. The summed E-state index contributed by atoms with van der Waals surface area (Å²) in [4.78, 5) is 21.7. The summed E-state index contributed by atoms with van der Waals surface area (Å²) in [5.41, 5.74) is 0.575. The molecule has 0 saturated carbocycles. The SMILES string of the molecule is O=C(O)CCCNC(=O)Cc1ccc(Br)c(F)c1. The van der Waals surface area contributed by atoms with Crippen molar-refractivity contribution in [2.45, 2.75) is 19.3 Å². The van der Waals surface area contributed by atoms with E-state index >= 15 is 0 Å². The van der Waals surface area contributed by atoms with Gasteiger partial charge in [-0.05, 0) is 40.0 Å². The van der Waals surface area contributed by atoms with E-state index in [-0.39, 0.29) is 18.7 Å². The summed E-state index contributed by atoms with van der Waals surface area (Å²) in [5, 5.41) is 11.0. The molecule has 0 heterocycles. The van der Waals surface area contributed by atoms with Gasteiger partial charge in [0, 0.05) is 13.0 Å². The average molecular weight is 318 g/mol. The maximum Gasteiger partial charge on any atom is 0.303 e. The van der Waals surface area contributed by atoms with Crippen LogP contribution >= 0.6 is 15.9 Å². The van der Waals surface area contributed by atoms with Gasteiger partial charge in [0.15, 0.2) is 0 Å². The highest BCUT2D eigenvalue weighted by Crippen LogP contribution is 2.16. The van der Waals surface area contributed by atoms with Gasteiger partial charge in [0.2, 0.25) is 5.91 Å². The molecule has 0 fully saturated rings. The van der Waals surface area contributed by atoms with Gasteiger partial charge in [-0.15, -0.1) is 0 Å². The van der Waals surface area contributed by atoms with Crippen LogP contribution in [0.4, 0.5) is 4.39 Å². The van der Waals surface area contributed by atoms with Crippen LogP contribution < -0.4 is 5.32 Å². The molecule has 18 heavy (non-hydrogen) atoms. The van der Waals surface area contributed by atoms with E-state index < -0.39 is 11.8 Å². The number of nitrogens with one attached hydrogen (secondary N) is 1. The molecule has 1 amide bonds. The van der Waals surface area contributed by atoms with E-state index in [4.69, 9.17) is 5.11 Å². The standard InChI is InChI=1S/C12H13BrFNO3/c13-9-4-3-8(6-10(9)14)7-11(16)15-5-1-2-12(17)18/h3-4,6H,1-2,5,7H2,(H,15,16)(H,17,18). The fourth-order valence-electron chi connectivity index (χ4n) is 1.36. The molecule has 0 radical (unpaired) electrons. The van der Waals surface area contributed by atoms with Crippen LogP contribution in [-0.2, 0) is 16.0 Å². The van der Waals surface area contributed by atoms with Gasteiger partial charge in [-0.2, -0.15) is 0 Å². The molecule has 0 aliphatic heterocycles. The number of carboxylic acid groups (broad SMARTS) is 1. The van der Waals surface area contributed by atoms with Gasteiger partial charge in [-0.3, -0.25) is 9.59 Å². The zero-order chi connectivity index (χ0) is 13.5. The van der Waals surface area contributed by atoms with E-state index in [1.807, 2.05) is 0 Å². The normalized spacial score (nSPS) is 10.1. The van der Waals surface area contributed by atoms with Crippen molar-refractivity contribution in [3.63, 3.8) is 0 Å². The van der Waals surface area contributed by atoms with E-state index in [0.717, 1.165) is 0 Å². The summed E-state index contributed by atoms with van der Waals surface area (Å²) < 4.78 is 13.5. The van der Waals surface area contributed by atoms with Crippen LogP contribution in [0.1, 0.15) is 18.4 Å². The number of hydrogen-bond donors (Lipinski definition) is 2. The van der Waals surface area contributed by atoms with Crippen LogP contribution in [0.15, 0.2) is 22.7 Å². The Labute approximate surface area is 112 Å². The molecular weight excluding hydrogens is 305 g/mol. The largest absolute Gasteiger partial charge is 0.481 e. The molecule has 0 aromatic heterocycles. The predicted molar refractivity (Wildman–Crippen MR) is 67.7 cm³/mol.